The van der Waals surface area contributed by atoms with Crippen LogP contribution < -0.4 is 0 Å². The van der Waals surface area contributed by atoms with Gasteiger partial charge in [0.15, 0.2) is 0 Å². The predicted octanol–water partition coefficient (Wildman–Crippen LogP) is 6.71. The molecule has 0 radical (unpaired) electrons. The van der Waals surface area contributed by atoms with Gasteiger partial charge < -0.3 is 15.3 Å². The third-order valence-electron chi connectivity index (χ3n) is 6.53. The Morgan fingerprint density at radius 2 is 0.667 bits per heavy atom. The highest BCUT2D eigenvalue weighted by molar-refractivity contribution is 6.05. The Balaban J connectivity index is 2.25. The molecule has 4 rings (SSSR count). The van der Waals surface area contributed by atoms with Gasteiger partial charge in [-0.05, 0) is 89.0 Å². The van der Waals surface area contributed by atoms with Crippen LogP contribution in [-0.4, -0.2) is 33.2 Å². The predicted molar refractivity (Wildman–Crippen MR) is 138 cm³/mol. The largest absolute Gasteiger partial charge is 0.478 e. The molecule has 0 saturated carbocycles. The number of carbonyl (C=O) groups is 3. The van der Waals surface area contributed by atoms with Crippen LogP contribution in [0.3, 0.4) is 0 Å². The van der Waals surface area contributed by atoms with Crippen molar-refractivity contribution < 1.29 is 29.7 Å². The number of rotatable bonds is 6. The van der Waals surface area contributed by atoms with Crippen molar-refractivity contribution in [1.82, 2.24) is 0 Å². The van der Waals surface area contributed by atoms with Crippen LogP contribution in [0.15, 0.2) is 72.8 Å². The van der Waals surface area contributed by atoms with Gasteiger partial charge in [-0.1, -0.05) is 54.6 Å². The minimum Gasteiger partial charge on any atom is -0.478 e. The van der Waals surface area contributed by atoms with Gasteiger partial charge in [0.1, 0.15) is 0 Å². The highest BCUT2D eigenvalue weighted by Gasteiger charge is 2.26. The van der Waals surface area contributed by atoms with E-state index < -0.39 is 17.9 Å². The number of benzene rings is 4. The van der Waals surface area contributed by atoms with Gasteiger partial charge in [-0.3, -0.25) is 0 Å². The maximum atomic E-state index is 12.1. The minimum absolute atomic E-state index is 0.0995. The first-order chi connectivity index (χ1) is 17.1. The van der Waals surface area contributed by atoms with Crippen molar-refractivity contribution in [2.75, 3.05) is 0 Å². The van der Waals surface area contributed by atoms with E-state index in [1.807, 2.05) is 20.8 Å². The molecule has 6 nitrogen and oxygen atoms in total. The van der Waals surface area contributed by atoms with E-state index in [1.54, 1.807) is 54.6 Å². The second-order valence-corrected chi connectivity index (χ2v) is 8.55. The molecule has 0 fully saturated rings. The molecule has 0 spiro atoms. The van der Waals surface area contributed by atoms with E-state index in [1.165, 1.54) is 18.2 Å². The molecule has 0 saturated heterocycles. The zero-order chi connectivity index (χ0) is 26.1. The van der Waals surface area contributed by atoms with Crippen LogP contribution in [0.5, 0.6) is 0 Å². The first kappa shape index (κ1) is 24.4. The molecule has 6 heteroatoms. The van der Waals surface area contributed by atoms with Crippen molar-refractivity contribution in [3.05, 3.63) is 106 Å². The quantitative estimate of drug-likeness (QED) is 0.283. The molecule has 0 aliphatic carbocycles. The summed E-state index contributed by atoms with van der Waals surface area (Å²) in [5.41, 5.74) is 5.75. The summed E-state index contributed by atoms with van der Waals surface area (Å²) in [6, 6.07) is 19.9. The highest BCUT2D eigenvalue weighted by atomic mass is 16.4. The van der Waals surface area contributed by atoms with E-state index in [0.717, 1.165) is 0 Å². The van der Waals surface area contributed by atoms with Gasteiger partial charge >= 0.3 is 17.9 Å². The SMILES string of the molecule is Cc1c(-c2ccccc2C(=O)O)c(C)c(-c2ccccc2C(=O)O)c(C)c1-c1ccccc1C(=O)O. The van der Waals surface area contributed by atoms with E-state index in [2.05, 4.69) is 0 Å². The Hall–Kier alpha value is -4.71. The molecule has 0 amide bonds. The lowest BCUT2D eigenvalue weighted by atomic mass is 9.78. The van der Waals surface area contributed by atoms with Crippen molar-refractivity contribution in [2.24, 2.45) is 0 Å². The van der Waals surface area contributed by atoms with E-state index in [4.69, 9.17) is 0 Å². The Kier molecular flexibility index (Phi) is 6.45. The molecule has 3 N–H and O–H groups in total. The zero-order valence-corrected chi connectivity index (χ0v) is 20.0. The summed E-state index contributed by atoms with van der Waals surface area (Å²) in [6.07, 6.45) is 0. The standard InChI is InChI=1S/C30H24O6/c1-16-25(19-10-4-7-13-22(19)28(31)32)17(2)27(21-12-6-9-15-24(21)30(35)36)18(3)26(16)20-11-5-8-14-23(20)29(33)34/h4-15H,1-3H3,(H,31,32)(H,33,34)(H,35,36). The molecule has 0 bridgehead atoms. The second kappa shape index (κ2) is 9.50. The fraction of sp³-hybridized carbons (Fsp3) is 0.100. The number of aromatic carboxylic acids is 3. The van der Waals surface area contributed by atoms with Gasteiger partial charge in [0.2, 0.25) is 0 Å². The maximum absolute atomic E-state index is 12.1. The molecule has 4 aromatic rings. The van der Waals surface area contributed by atoms with Crippen LogP contribution in [0, 0.1) is 20.8 Å². The number of hydrogen-bond donors (Lipinski definition) is 3. The molecule has 0 unspecified atom stereocenters. The molecule has 0 aromatic heterocycles. The van der Waals surface area contributed by atoms with Crippen LogP contribution in [0.4, 0.5) is 0 Å². The van der Waals surface area contributed by atoms with E-state index in [-0.39, 0.29) is 16.7 Å². The summed E-state index contributed by atoms with van der Waals surface area (Å²) >= 11 is 0. The normalized spacial score (nSPS) is 10.8. The van der Waals surface area contributed by atoms with Crippen LogP contribution in [-0.2, 0) is 0 Å². The van der Waals surface area contributed by atoms with Gasteiger partial charge in [-0.25, -0.2) is 14.4 Å². The average molecular weight is 481 g/mol. The topological polar surface area (TPSA) is 112 Å². The number of carboxylic acids is 3. The number of carboxylic acid groups (broad SMARTS) is 3. The lowest BCUT2D eigenvalue weighted by Crippen LogP contribution is -2.08. The van der Waals surface area contributed by atoms with Crippen molar-refractivity contribution >= 4 is 17.9 Å². The zero-order valence-electron chi connectivity index (χ0n) is 20.0. The summed E-state index contributed by atoms with van der Waals surface area (Å²) in [5, 5.41) is 29.7. The number of hydrogen-bond acceptors (Lipinski definition) is 3. The van der Waals surface area contributed by atoms with Crippen molar-refractivity contribution in [3.8, 4) is 33.4 Å². The average Bonchev–Trinajstić information content (AvgIpc) is 2.84. The van der Waals surface area contributed by atoms with Crippen molar-refractivity contribution in [2.45, 2.75) is 20.8 Å². The molecular formula is C30H24O6. The third-order valence-corrected chi connectivity index (χ3v) is 6.53. The second-order valence-electron chi connectivity index (χ2n) is 8.55. The molecule has 0 aliphatic heterocycles. The van der Waals surface area contributed by atoms with Crippen LogP contribution in [0.2, 0.25) is 0 Å². The van der Waals surface area contributed by atoms with Gasteiger partial charge in [0.05, 0.1) is 16.7 Å². The minimum atomic E-state index is -1.09. The first-order valence-electron chi connectivity index (χ1n) is 11.3. The fourth-order valence-electron chi connectivity index (χ4n) is 5.09. The lowest BCUT2D eigenvalue weighted by molar-refractivity contribution is 0.0687. The van der Waals surface area contributed by atoms with Crippen LogP contribution >= 0.6 is 0 Å². The molecule has 0 aliphatic rings. The van der Waals surface area contributed by atoms with Gasteiger partial charge in [-0.2, -0.15) is 0 Å². The lowest BCUT2D eigenvalue weighted by Gasteiger charge is -2.25. The van der Waals surface area contributed by atoms with Crippen LogP contribution in [0.1, 0.15) is 47.8 Å². The van der Waals surface area contributed by atoms with Crippen molar-refractivity contribution in [3.63, 3.8) is 0 Å². The van der Waals surface area contributed by atoms with Gasteiger partial charge in [0.25, 0.3) is 0 Å². The first-order valence-corrected chi connectivity index (χ1v) is 11.3. The van der Waals surface area contributed by atoms with Gasteiger partial charge in [-0.15, -0.1) is 0 Å². The molecule has 36 heavy (non-hydrogen) atoms. The van der Waals surface area contributed by atoms with E-state index in [0.29, 0.717) is 50.1 Å². The molecule has 4 aromatic carbocycles. The van der Waals surface area contributed by atoms with E-state index in [9.17, 15) is 29.7 Å². The third kappa shape index (κ3) is 4.03. The highest BCUT2D eigenvalue weighted by Crippen LogP contribution is 2.45. The molecule has 180 valence electrons. The Morgan fingerprint density at radius 1 is 0.444 bits per heavy atom. The molecule has 0 heterocycles. The van der Waals surface area contributed by atoms with E-state index >= 15 is 0 Å². The Morgan fingerprint density at radius 3 is 0.889 bits per heavy atom. The summed E-state index contributed by atoms with van der Waals surface area (Å²) in [6.45, 7) is 5.53. The Labute approximate surface area is 208 Å². The van der Waals surface area contributed by atoms with Crippen LogP contribution in [0.25, 0.3) is 33.4 Å². The van der Waals surface area contributed by atoms with Gasteiger partial charge in [0, 0.05) is 0 Å². The summed E-state index contributed by atoms with van der Waals surface area (Å²) < 4.78 is 0. The summed E-state index contributed by atoms with van der Waals surface area (Å²) in [5.74, 6) is -3.28. The maximum Gasteiger partial charge on any atom is 0.336 e. The Bertz CT molecular complexity index is 1340. The monoisotopic (exact) mass is 480 g/mol. The summed E-state index contributed by atoms with van der Waals surface area (Å²) in [4.78, 5) is 36.4. The van der Waals surface area contributed by atoms with Crippen molar-refractivity contribution in [1.29, 1.82) is 0 Å². The molecule has 0 atom stereocenters. The fourth-order valence-corrected chi connectivity index (χ4v) is 5.09. The molecular weight excluding hydrogens is 456 g/mol. The smallest absolute Gasteiger partial charge is 0.336 e. The summed E-state index contributed by atoms with van der Waals surface area (Å²) in [7, 11) is 0.